The second kappa shape index (κ2) is 5.57. The smallest absolute Gasteiger partial charge is 0.0453 e. The Morgan fingerprint density at radius 3 is 2.00 bits per heavy atom. The van der Waals surface area contributed by atoms with Gasteiger partial charge in [-0.05, 0) is 41.8 Å². The minimum absolute atomic E-state index is 0.0548. The molecule has 1 fully saturated rings. The number of hydrogen-bond acceptors (Lipinski definition) is 1. The van der Waals surface area contributed by atoms with E-state index in [4.69, 9.17) is 34.8 Å². The monoisotopic (exact) mass is 325 g/mol. The molecule has 0 aliphatic carbocycles. The molecule has 0 aromatic heterocycles. The second-order valence-electron chi connectivity index (χ2n) is 5.27. The molecule has 104 valence electrons. The molecule has 1 nitrogen and oxygen atoms in total. The molecule has 0 spiro atoms. The fraction of sp³-hybridized carbons (Fsp3) is 0.250. The van der Waals surface area contributed by atoms with Gasteiger partial charge in [-0.25, -0.2) is 0 Å². The Morgan fingerprint density at radius 1 is 0.900 bits per heavy atom. The Balaban J connectivity index is 1.96. The molecule has 0 radical (unpaired) electrons. The largest absolute Gasteiger partial charge is 0.315 e. The van der Waals surface area contributed by atoms with Crippen LogP contribution in [0.15, 0.2) is 42.5 Å². The van der Waals surface area contributed by atoms with Crippen molar-refractivity contribution in [1.82, 2.24) is 5.32 Å². The quantitative estimate of drug-likeness (QED) is 0.859. The molecule has 1 aliphatic heterocycles. The van der Waals surface area contributed by atoms with Gasteiger partial charge in [-0.3, -0.25) is 0 Å². The highest BCUT2D eigenvalue weighted by Crippen LogP contribution is 2.37. The minimum Gasteiger partial charge on any atom is -0.315 e. The molecule has 1 aliphatic rings. The van der Waals surface area contributed by atoms with Gasteiger partial charge in [-0.2, -0.15) is 0 Å². The van der Waals surface area contributed by atoms with Crippen LogP contribution in [-0.4, -0.2) is 13.1 Å². The topological polar surface area (TPSA) is 12.0 Å². The highest BCUT2D eigenvalue weighted by molar-refractivity contribution is 6.36. The van der Waals surface area contributed by atoms with Crippen molar-refractivity contribution < 1.29 is 0 Å². The molecule has 3 rings (SSSR count). The summed E-state index contributed by atoms with van der Waals surface area (Å²) in [5.41, 5.74) is 2.35. The molecule has 20 heavy (non-hydrogen) atoms. The minimum atomic E-state index is 0.0548. The summed E-state index contributed by atoms with van der Waals surface area (Å²) in [5.74, 6) is 0. The zero-order chi connectivity index (χ0) is 14.2. The maximum Gasteiger partial charge on any atom is 0.0453 e. The average Bonchev–Trinajstić information content (AvgIpc) is 2.38. The van der Waals surface area contributed by atoms with Crippen LogP contribution in [0.2, 0.25) is 15.1 Å². The van der Waals surface area contributed by atoms with Crippen molar-refractivity contribution in [3.63, 3.8) is 0 Å². The summed E-state index contributed by atoms with van der Waals surface area (Å²) in [6.07, 6.45) is 0.833. The van der Waals surface area contributed by atoms with E-state index in [0.29, 0.717) is 0 Å². The number of benzene rings is 2. The molecule has 0 unspecified atom stereocenters. The van der Waals surface area contributed by atoms with E-state index in [1.807, 2.05) is 30.3 Å². The normalized spacial score (nSPS) is 16.8. The standard InChI is InChI=1S/C16H14Cl3N/c17-12-6-4-11(5-7-12)16(9-20-10-16)8-13-14(18)2-1-3-15(13)19/h1-7,20H,8-10H2. The van der Waals surface area contributed by atoms with Crippen LogP contribution in [0.25, 0.3) is 0 Å². The molecule has 2 aromatic rings. The van der Waals surface area contributed by atoms with Gasteiger partial charge in [0.05, 0.1) is 0 Å². The SMILES string of the molecule is Clc1ccc(C2(Cc3c(Cl)cccc3Cl)CNC2)cc1. The van der Waals surface area contributed by atoms with E-state index >= 15 is 0 Å². The summed E-state index contributed by atoms with van der Waals surface area (Å²) in [5, 5.41) is 5.58. The maximum absolute atomic E-state index is 6.30. The van der Waals surface area contributed by atoms with Crippen molar-refractivity contribution in [2.75, 3.05) is 13.1 Å². The molecule has 0 bridgehead atoms. The molecule has 1 saturated heterocycles. The Bertz CT molecular complexity index is 598. The van der Waals surface area contributed by atoms with Crippen LogP contribution in [0.3, 0.4) is 0 Å². The molecular formula is C16H14Cl3N. The van der Waals surface area contributed by atoms with E-state index in [9.17, 15) is 0 Å². The van der Waals surface area contributed by atoms with E-state index in [0.717, 1.165) is 40.1 Å². The van der Waals surface area contributed by atoms with Crippen LogP contribution in [0.1, 0.15) is 11.1 Å². The van der Waals surface area contributed by atoms with Crippen molar-refractivity contribution in [3.8, 4) is 0 Å². The lowest BCUT2D eigenvalue weighted by Gasteiger charge is -2.44. The molecule has 0 saturated carbocycles. The zero-order valence-electron chi connectivity index (χ0n) is 10.8. The van der Waals surface area contributed by atoms with Crippen molar-refractivity contribution >= 4 is 34.8 Å². The summed E-state index contributed by atoms with van der Waals surface area (Å²) >= 11 is 18.6. The first-order chi connectivity index (χ1) is 9.61. The molecule has 1 heterocycles. The first-order valence-electron chi connectivity index (χ1n) is 6.50. The number of hydrogen-bond donors (Lipinski definition) is 1. The van der Waals surface area contributed by atoms with Gasteiger partial charge in [-0.15, -0.1) is 0 Å². The highest BCUT2D eigenvalue weighted by atomic mass is 35.5. The molecular weight excluding hydrogens is 313 g/mol. The predicted octanol–water partition coefficient (Wildman–Crippen LogP) is 4.73. The Hall–Kier alpha value is -0.730. The third kappa shape index (κ3) is 2.56. The van der Waals surface area contributed by atoms with Crippen molar-refractivity contribution in [3.05, 3.63) is 68.7 Å². The van der Waals surface area contributed by atoms with Crippen LogP contribution in [0, 0.1) is 0 Å². The molecule has 0 amide bonds. The maximum atomic E-state index is 6.30. The van der Waals surface area contributed by atoms with Crippen LogP contribution in [-0.2, 0) is 11.8 Å². The van der Waals surface area contributed by atoms with Crippen LogP contribution >= 0.6 is 34.8 Å². The average molecular weight is 327 g/mol. The van der Waals surface area contributed by atoms with Crippen molar-refractivity contribution in [2.45, 2.75) is 11.8 Å². The summed E-state index contributed by atoms with van der Waals surface area (Å²) in [7, 11) is 0. The van der Waals surface area contributed by atoms with Gasteiger partial charge in [0.1, 0.15) is 0 Å². The van der Waals surface area contributed by atoms with E-state index in [2.05, 4.69) is 17.4 Å². The Kier molecular flexibility index (Phi) is 3.96. The molecule has 4 heteroatoms. The number of nitrogens with one attached hydrogen (secondary N) is 1. The van der Waals surface area contributed by atoms with Crippen LogP contribution < -0.4 is 5.32 Å². The van der Waals surface area contributed by atoms with Gasteiger partial charge in [0.2, 0.25) is 0 Å². The van der Waals surface area contributed by atoms with E-state index in [-0.39, 0.29) is 5.41 Å². The van der Waals surface area contributed by atoms with Gasteiger partial charge >= 0.3 is 0 Å². The summed E-state index contributed by atoms with van der Waals surface area (Å²) in [6, 6.07) is 13.7. The lowest BCUT2D eigenvalue weighted by molar-refractivity contribution is 0.275. The highest BCUT2D eigenvalue weighted by Gasteiger charge is 2.39. The van der Waals surface area contributed by atoms with E-state index in [1.54, 1.807) is 0 Å². The van der Waals surface area contributed by atoms with Crippen LogP contribution in [0.4, 0.5) is 0 Å². The summed E-state index contributed by atoms with van der Waals surface area (Å²) in [6.45, 7) is 1.85. The molecule has 1 N–H and O–H groups in total. The van der Waals surface area contributed by atoms with Gasteiger partial charge in [0, 0.05) is 33.6 Å². The second-order valence-corrected chi connectivity index (χ2v) is 6.52. The summed E-state index contributed by atoms with van der Waals surface area (Å²) in [4.78, 5) is 0. The predicted molar refractivity (Wildman–Crippen MR) is 86.2 cm³/mol. The number of halogens is 3. The van der Waals surface area contributed by atoms with Crippen LogP contribution in [0.5, 0.6) is 0 Å². The Morgan fingerprint density at radius 2 is 1.50 bits per heavy atom. The van der Waals surface area contributed by atoms with E-state index < -0.39 is 0 Å². The van der Waals surface area contributed by atoms with Gasteiger partial charge in [0.15, 0.2) is 0 Å². The van der Waals surface area contributed by atoms with E-state index in [1.165, 1.54) is 5.56 Å². The first-order valence-corrected chi connectivity index (χ1v) is 7.64. The fourth-order valence-electron chi connectivity index (χ4n) is 2.70. The third-order valence-corrected chi connectivity index (χ3v) is 4.92. The van der Waals surface area contributed by atoms with Gasteiger partial charge in [0.25, 0.3) is 0 Å². The molecule has 2 aromatic carbocycles. The Labute approximate surface area is 133 Å². The number of rotatable bonds is 3. The lowest BCUT2D eigenvalue weighted by Crippen LogP contribution is -2.58. The summed E-state index contributed by atoms with van der Waals surface area (Å²) < 4.78 is 0. The first kappa shape index (κ1) is 14.2. The van der Waals surface area contributed by atoms with Crippen molar-refractivity contribution in [1.29, 1.82) is 0 Å². The van der Waals surface area contributed by atoms with Gasteiger partial charge in [-0.1, -0.05) is 53.0 Å². The molecule has 0 atom stereocenters. The zero-order valence-corrected chi connectivity index (χ0v) is 13.1. The fourth-order valence-corrected chi connectivity index (χ4v) is 3.36. The van der Waals surface area contributed by atoms with Gasteiger partial charge < -0.3 is 5.32 Å². The van der Waals surface area contributed by atoms with Crippen molar-refractivity contribution in [2.24, 2.45) is 0 Å². The lowest BCUT2D eigenvalue weighted by atomic mass is 9.71. The third-order valence-electron chi connectivity index (χ3n) is 3.96.